The van der Waals surface area contributed by atoms with Crippen LogP contribution in [0.4, 0.5) is 5.69 Å². The van der Waals surface area contributed by atoms with Crippen LogP contribution in [-0.4, -0.2) is 22.7 Å². The van der Waals surface area contributed by atoms with Crippen molar-refractivity contribution in [1.82, 2.24) is 10.2 Å². The standard InChI is InChI=1S/C19H17N5O2/c20-8-13-6-16-15(7-17(13)26-9-10-1-2-10)18(24-23-16)11-3-12(19(22)25)5-14(21)4-11/h3-7,10H,1-2,9,21H2,(H2,22,25)(H,23,24). The summed E-state index contributed by atoms with van der Waals surface area (Å²) < 4.78 is 5.84. The Morgan fingerprint density at radius 1 is 1.31 bits per heavy atom. The molecule has 0 unspecified atom stereocenters. The minimum absolute atomic E-state index is 0.315. The van der Waals surface area contributed by atoms with Gasteiger partial charge in [0.2, 0.25) is 5.91 Å². The van der Waals surface area contributed by atoms with Crippen LogP contribution in [0.15, 0.2) is 30.3 Å². The topological polar surface area (TPSA) is 131 Å². The lowest BCUT2D eigenvalue weighted by atomic mass is 10.0. The Hall–Kier alpha value is -3.53. The highest BCUT2D eigenvalue weighted by Gasteiger charge is 2.23. The van der Waals surface area contributed by atoms with Gasteiger partial charge in [-0.3, -0.25) is 9.89 Å². The molecule has 0 spiro atoms. The van der Waals surface area contributed by atoms with Crippen molar-refractivity contribution >= 4 is 22.5 Å². The fourth-order valence-corrected chi connectivity index (χ4v) is 2.89. The summed E-state index contributed by atoms with van der Waals surface area (Å²) in [5.41, 5.74) is 14.5. The van der Waals surface area contributed by atoms with Gasteiger partial charge in [0.15, 0.2) is 0 Å². The van der Waals surface area contributed by atoms with Gasteiger partial charge in [-0.1, -0.05) is 0 Å². The van der Waals surface area contributed by atoms with Gasteiger partial charge >= 0.3 is 0 Å². The molecular formula is C19H17N5O2. The number of carbonyl (C=O) groups is 1. The maximum absolute atomic E-state index is 11.5. The molecule has 1 saturated carbocycles. The molecule has 0 radical (unpaired) electrons. The van der Waals surface area contributed by atoms with Crippen LogP contribution in [0.2, 0.25) is 0 Å². The van der Waals surface area contributed by atoms with Gasteiger partial charge in [0.25, 0.3) is 0 Å². The molecule has 0 saturated heterocycles. The first-order valence-corrected chi connectivity index (χ1v) is 8.31. The summed E-state index contributed by atoms with van der Waals surface area (Å²) in [6.45, 7) is 0.609. The Bertz CT molecular complexity index is 1060. The van der Waals surface area contributed by atoms with Crippen LogP contribution < -0.4 is 16.2 Å². The van der Waals surface area contributed by atoms with Gasteiger partial charge in [0, 0.05) is 22.2 Å². The highest BCUT2D eigenvalue weighted by Crippen LogP contribution is 2.35. The number of aromatic amines is 1. The lowest BCUT2D eigenvalue weighted by Gasteiger charge is -2.08. The van der Waals surface area contributed by atoms with Crippen molar-refractivity contribution in [3.05, 3.63) is 41.5 Å². The number of benzene rings is 2. The van der Waals surface area contributed by atoms with Crippen LogP contribution in [0, 0.1) is 17.2 Å². The number of nitrogen functional groups attached to an aromatic ring is 1. The van der Waals surface area contributed by atoms with E-state index in [0.29, 0.717) is 51.9 Å². The van der Waals surface area contributed by atoms with Crippen molar-refractivity contribution in [2.45, 2.75) is 12.8 Å². The van der Waals surface area contributed by atoms with E-state index >= 15 is 0 Å². The Morgan fingerprint density at radius 3 is 2.81 bits per heavy atom. The lowest BCUT2D eigenvalue weighted by Crippen LogP contribution is -2.11. The van der Waals surface area contributed by atoms with Crippen molar-refractivity contribution in [3.63, 3.8) is 0 Å². The van der Waals surface area contributed by atoms with Gasteiger partial charge in [0.05, 0.1) is 17.7 Å². The normalized spacial score (nSPS) is 13.5. The summed E-state index contributed by atoms with van der Waals surface area (Å²) in [5, 5.41) is 17.4. The lowest BCUT2D eigenvalue weighted by molar-refractivity contribution is 0.100. The summed E-state index contributed by atoms with van der Waals surface area (Å²) in [4.78, 5) is 11.5. The molecule has 1 aromatic heterocycles. The average molecular weight is 347 g/mol. The number of anilines is 1. The number of fused-ring (bicyclic) bond motifs is 1. The fraction of sp³-hybridized carbons (Fsp3) is 0.211. The van der Waals surface area contributed by atoms with Crippen LogP contribution in [-0.2, 0) is 0 Å². The highest BCUT2D eigenvalue weighted by atomic mass is 16.5. The van der Waals surface area contributed by atoms with Crippen molar-refractivity contribution in [2.75, 3.05) is 12.3 Å². The minimum Gasteiger partial charge on any atom is -0.492 e. The first-order chi connectivity index (χ1) is 12.5. The van der Waals surface area contributed by atoms with Crippen molar-refractivity contribution in [2.24, 2.45) is 11.7 Å². The highest BCUT2D eigenvalue weighted by molar-refractivity contribution is 5.99. The van der Waals surface area contributed by atoms with Crippen LogP contribution >= 0.6 is 0 Å². The summed E-state index contributed by atoms with van der Waals surface area (Å²) in [6, 6.07) is 10.6. The predicted molar refractivity (Wildman–Crippen MR) is 97.4 cm³/mol. The smallest absolute Gasteiger partial charge is 0.248 e. The molecule has 0 aliphatic heterocycles. The Labute approximate surface area is 149 Å². The largest absolute Gasteiger partial charge is 0.492 e. The van der Waals surface area contributed by atoms with Crippen LogP contribution in [0.5, 0.6) is 5.75 Å². The first kappa shape index (κ1) is 16.0. The molecule has 1 aliphatic carbocycles. The van der Waals surface area contributed by atoms with E-state index in [4.69, 9.17) is 16.2 Å². The maximum Gasteiger partial charge on any atom is 0.248 e. The van der Waals surface area contributed by atoms with E-state index < -0.39 is 5.91 Å². The number of amides is 1. The zero-order valence-electron chi connectivity index (χ0n) is 14.0. The number of rotatable bonds is 5. The quantitative estimate of drug-likeness (QED) is 0.610. The number of primary amides is 1. The molecule has 0 atom stereocenters. The third-order valence-corrected chi connectivity index (χ3v) is 4.47. The van der Waals surface area contributed by atoms with E-state index in [1.807, 2.05) is 6.07 Å². The molecule has 7 nitrogen and oxygen atoms in total. The zero-order chi connectivity index (χ0) is 18.3. The first-order valence-electron chi connectivity index (χ1n) is 8.31. The third kappa shape index (κ3) is 2.93. The van der Waals surface area contributed by atoms with Gasteiger partial charge in [0.1, 0.15) is 17.5 Å². The molecule has 130 valence electrons. The van der Waals surface area contributed by atoms with E-state index in [1.165, 1.54) is 18.9 Å². The van der Waals surface area contributed by atoms with E-state index in [9.17, 15) is 10.1 Å². The van der Waals surface area contributed by atoms with Gasteiger partial charge < -0.3 is 16.2 Å². The predicted octanol–water partition coefficient (Wildman–Crippen LogP) is 2.57. The third-order valence-electron chi connectivity index (χ3n) is 4.47. The van der Waals surface area contributed by atoms with Crippen molar-refractivity contribution < 1.29 is 9.53 Å². The zero-order valence-corrected chi connectivity index (χ0v) is 14.0. The van der Waals surface area contributed by atoms with Crippen molar-refractivity contribution in [3.8, 4) is 23.1 Å². The number of nitrogens with zero attached hydrogens (tertiary/aromatic N) is 2. The molecule has 1 heterocycles. The number of H-pyrrole nitrogens is 1. The molecule has 1 amide bonds. The number of ether oxygens (including phenoxy) is 1. The number of carbonyl (C=O) groups excluding carboxylic acids is 1. The van der Waals surface area contributed by atoms with E-state index in [2.05, 4.69) is 16.3 Å². The van der Waals surface area contributed by atoms with E-state index in [0.717, 1.165) is 5.39 Å². The molecule has 5 N–H and O–H groups in total. The second kappa shape index (κ2) is 6.08. The fourth-order valence-electron chi connectivity index (χ4n) is 2.89. The molecule has 4 rings (SSSR count). The van der Waals surface area contributed by atoms with Gasteiger partial charge in [-0.05, 0) is 49.1 Å². The number of hydrogen-bond acceptors (Lipinski definition) is 5. The second-order valence-electron chi connectivity index (χ2n) is 6.54. The number of aromatic nitrogens is 2. The van der Waals surface area contributed by atoms with Gasteiger partial charge in [-0.15, -0.1) is 0 Å². The summed E-state index contributed by atoms with van der Waals surface area (Å²) in [5.74, 6) is 0.556. The van der Waals surface area contributed by atoms with E-state index in [-0.39, 0.29) is 0 Å². The summed E-state index contributed by atoms with van der Waals surface area (Å²) in [7, 11) is 0. The maximum atomic E-state index is 11.5. The van der Waals surface area contributed by atoms with Gasteiger partial charge in [-0.25, -0.2) is 0 Å². The van der Waals surface area contributed by atoms with Crippen molar-refractivity contribution in [1.29, 1.82) is 5.26 Å². The number of hydrogen-bond donors (Lipinski definition) is 3. The molecule has 7 heteroatoms. The number of nitrogens with one attached hydrogen (secondary N) is 1. The Balaban J connectivity index is 1.82. The van der Waals surface area contributed by atoms with Gasteiger partial charge in [-0.2, -0.15) is 10.4 Å². The second-order valence-corrected chi connectivity index (χ2v) is 6.54. The van der Waals surface area contributed by atoms with E-state index in [1.54, 1.807) is 18.2 Å². The summed E-state index contributed by atoms with van der Waals surface area (Å²) >= 11 is 0. The minimum atomic E-state index is -0.557. The van der Waals surface area contributed by atoms with Crippen LogP contribution in [0.25, 0.3) is 22.2 Å². The van der Waals surface area contributed by atoms with Crippen LogP contribution in [0.3, 0.4) is 0 Å². The molecule has 1 aliphatic rings. The van der Waals surface area contributed by atoms with Crippen LogP contribution in [0.1, 0.15) is 28.8 Å². The number of nitriles is 1. The SMILES string of the molecule is N#Cc1cc2[nH]nc(-c3cc(N)cc(C(N)=O)c3)c2cc1OCC1CC1. The molecule has 1 fully saturated rings. The molecule has 3 aromatic rings. The number of nitrogens with two attached hydrogens (primary N) is 2. The molecule has 26 heavy (non-hydrogen) atoms. The summed E-state index contributed by atoms with van der Waals surface area (Å²) in [6.07, 6.45) is 2.33. The Kier molecular flexibility index (Phi) is 3.73. The molecular weight excluding hydrogens is 330 g/mol. The average Bonchev–Trinajstić information content (AvgIpc) is 3.36. The molecule has 2 aromatic carbocycles. The monoisotopic (exact) mass is 347 g/mol. The Morgan fingerprint density at radius 2 is 2.12 bits per heavy atom. The molecule has 0 bridgehead atoms.